The van der Waals surface area contributed by atoms with E-state index in [4.69, 9.17) is 10.7 Å². The highest BCUT2D eigenvalue weighted by atomic mass is 32.2. The van der Waals surface area contributed by atoms with E-state index in [1.54, 1.807) is 6.20 Å². The number of aliphatic imine (C=N–C) groups is 1. The van der Waals surface area contributed by atoms with E-state index in [1.807, 2.05) is 0 Å². The summed E-state index contributed by atoms with van der Waals surface area (Å²) in [6.07, 6.45) is 3.99. The van der Waals surface area contributed by atoms with Gasteiger partial charge in [0.15, 0.2) is 5.69 Å². The molecule has 2 aromatic rings. The quantitative estimate of drug-likeness (QED) is 0.747. The molecule has 0 amide bonds. The van der Waals surface area contributed by atoms with E-state index < -0.39 is 11.9 Å². The molecule has 5 rings (SSSR count). The second-order valence-corrected chi connectivity index (χ2v) is 9.47. The fraction of sp³-hybridized carbons (Fsp3) is 0.524. The van der Waals surface area contributed by atoms with Crippen LogP contribution in [0.25, 0.3) is 0 Å². The van der Waals surface area contributed by atoms with Crippen LogP contribution in [0.2, 0.25) is 0 Å². The van der Waals surface area contributed by atoms with Crippen LogP contribution in [0.15, 0.2) is 34.4 Å². The Morgan fingerprint density at radius 1 is 1.16 bits per heavy atom. The van der Waals surface area contributed by atoms with Crippen molar-refractivity contribution in [1.29, 1.82) is 0 Å². The van der Waals surface area contributed by atoms with Gasteiger partial charge in [0.25, 0.3) is 0 Å². The summed E-state index contributed by atoms with van der Waals surface area (Å²) < 4.78 is 39.8. The fourth-order valence-corrected chi connectivity index (χ4v) is 5.93. The van der Waals surface area contributed by atoms with Crippen LogP contribution in [0.1, 0.15) is 49.2 Å². The number of anilines is 1. The molecule has 1 aliphatic carbocycles. The van der Waals surface area contributed by atoms with Crippen molar-refractivity contribution in [3.63, 3.8) is 0 Å². The number of aromatic nitrogens is 3. The highest BCUT2D eigenvalue weighted by molar-refractivity contribution is 8.14. The number of halogens is 3. The number of hydrogen-bond acceptors (Lipinski definition) is 7. The van der Waals surface area contributed by atoms with Crippen LogP contribution in [-0.4, -0.2) is 39.1 Å². The summed E-state index contributed by atoms with van der Waals surface area (Å²) in [7, 11) is 0. The van der Waals surface area contributed by atoms with Crippen molar-refractivity contribution in [2.75, 3.05) is 18.0 Å². The molecule has 2 fully saturated rings. The van der Waals surface area contributed by atoms with E-state index in [0.29, 0.717) is 29.0 Å². The number of hydrogen-bond donors (Lipinski definition) is 1. The Labute approximate surface area is 182 Å². The topological polar surface area (TPSA) is 80.3 Å². The zero-order valence-electron chi connectivity index (χ0n) is 16.9. The monoisotopic (exact) mass is 448 g/mol. The number of rotatable bonds is 2. The summed E-state index contributed by atoms with van der Waals surface area (Å²) in [4.78, 5) is 19.4. The second kappa shape index (κ2) is 7.74. The third-order valence-corrected chi connectivity index (χ3v) is 7.78. The Bertz CT molecular complexity index is 1020. The van der Waals surface area contributed by atoms with Crippen molar-refractivity contribution in [2.45, 2.75) is 55.8 Å². The summed E-state index contributed by atoms with van der Waals surface area (Å²) in [5, 5.41) is 0.446. The standard InChI is InChI=1S/C21H23F3N6S/c22-21(23,24)18-14(3-2-8-26-18)31-19-17-13(11-28-19)29-16(12-27-17)30-9-6-20(7-10-30)5-1-4-15(20)25/h2-3,8,12,15H,1,4-7,9-11,25H2/t15-/m1/s1. The highest BCUT2D eigenvalue weighted by Gasteiger charge is 2.43. The molecule has 0 aromatic carbocycles. The summed E-state index contributed by atoms with van der Waals surface area (Å²) in [6.45, 7) is 2.12. The molecule has 4 heterocycles. The molecule has 2 aromatic heterocycles. The van der Waals surface area contributed by atoms with Gasteiger partial charge in [-0.15, -0.1) is 0 Å². The van der Waals surface area contributed by atoms with Crippen molar-refractivity contribution >= 4 is 22.6 Å². The molecule has 0 bridgehead atoms. The smallest absolute Gasteiger partial charge is 0.355 e. The molecule has 31 heavy (non-hydrogen) atoms. The third-order valence-electron chi connectivity index (χ3n) is 6.71. The minimum Gasteiger partial charge on any atom is -0.355 e. The van der Waals surface area contributed by atoms with Gasteiger partial charge < -0.3 is 10.6 Å². The second-order valence-electron chi connectivity index (χ2n) is 8.44. The first-order valence-electron chi connectivity index (χ1n) is 10.5. The van der Waals surface area contributed by atoms with Crippen LogP contribution in [-0.2, 0) is 12.7 Å². The molecule has 0 unspecified atom stereocenters. The average molecular weight is 449 g/mol. The number of piperidine rings is 1. The molecule has 1 atom stereocenters. The molecular formula is C21H23F3N6S. The van der Waals surface area contributed by atoms with E-state index in [2.05, 4.69) is 19.9 Å². The number of thioether (sulfide) groups is 1. The van der Waals surface area contributed by atoms with E-state index in [9.17, 15) is 13.2 Å². The number of nitrogens with two attached hydrogens (primary N) is 1. The first kappa shape index (κ1) is 20.7. The zero-order chi connectivity index (χ0) is 21.6. The van der Waals surface area contributed by atoms with Gasteiger partial charge in [0.1, 0.15) is 16.6 Å². The molecular weight excluding hydrogens is 425 g/mol. The van der Waals surface area contributed by atoms with Gasteiger partial charge >= 0.3 is 6.18 Å². The van der Waals surface area contributed by atoms with Gasteiger partial charge in [-0.05, 0) is 43.2 Å². The van der Waals surface area contributed by atoms with E-state index >= 15 is 0 Å². The van der Waals surface area contributed by atoms with Crippen molar-refractivity contribution in [3.8, 4) is 0 Å². The van der Waals surface area contributed by atoms with Crippen LogP contribution in [0.5, 0.6) is 0 Å². The maximum absolute atomic E-state index is 13.3. The summed E-state index contributed by atoms with van der Waals surface area (Å²) in [5.74, 6) is 0.805. The van der Waals surface area contributed by atoms with Gasteiger partial charge in [-0.25, -0.2) is 9.97 Å². The first-order chi connectivity index (χ1) is 14.9. The molecule has 164 valence electrons. The molecule has 1 saturated carbocycles. The van der Waals surface area contributed by atoms with Gasteiger partial charge in [-0.1, -0.05) is 18.2 Å². The lowest BCUT2D eigenvalue weighted by atomic mass is 9.74. The fourth-order valence-electron chi connectivity index (χ4n) is 4.92. The van der Waals surface area contributed by atoms with Crippen molar-refractivity contribution in [1.82, 2.24) is 15.0 Å². The van der Waals surface area contributed by atoms with E-state index in [0.717, 1.165) is 56.1 Å². The molecule has 1 saturated heterocycles. The molecule has 6 nitrogen and oxygen atoms in total. The molecule has 2 aliphatic heterocycles. The lowest BCUT2D eigenvalue weighted by Gasteiger charge is -2.42. The largest absolute Gasteiger partial charge is 0.434 e. The molecule has 3 aliphatic rings. The Hall–Kier alpha value is -2.20. The van der Waals surface area contributed by atoms with E-state index in [1.165, 1.54) is 25.0 Å². The Balaban J connectivity index is 1.31. The van der Waals surface area contributed by atoms with Crippen molar-refractivity contribution in [2.24, 2.45) is 16.1 Å². The van der Waals surface area contributed by atoms with Crippen LogP contribution in [0.3, 0.4) is 0 Å². The number of pyridine rings is 1. The summed E-state index contributed by atoms with van der Waals surface area (Å²) in [5.41, 5.74) is 7.00. The van der Waals surface area contributed by atoms with Gasteiger partial charge in [-0.3, -0.25) is 9.98 Å². The van der Waals surface area contributed by atoms with Crippen LogP contribution in [0, 0.1) is 5.41 Å². The number of fused-ring (bicyclic) bond motifs is 1. The Morgan fingerprint density at radius 2 is 1.97 bits per heavy atom. The predicted octanol–water partition coefficient (Wildman–Crippen LogP) is 4.04. The zero-order valence-corrected chi connectivity index (χ0v) is 17.7. The lowest BCUT2D eigenvalue weighted by molar-refractivity contribution is -0.143. The molecule has 2 N–H and O–H groups in total. The predicted molar refractivity (Wildman–Crippen MR) is 113 cm³/mol. The maximum Gasteiger partial charge on any atom is 0.434 e. The Kier molecular flexibility index (Phi) is 5.16. The van der Waals surface area contributed by atoms with Crippen LogP contribution < -0.4 is 10.6 Å². The van der Waals surface area contributed by atoms with Crippen LogP contribution >= 0.6 is 11.8 Å². The van der Waals surface area contributed by atoms with Gasteiger partial charge in [0.2, 0.25) is 0 Å². The Morgan fingerprint density at radius 3 is 2.68 bits per heavy atom. The SMILES string of the molecule is N[C@@H]1CCCC12CCN(c1cnc3c(n1)CN=C3Sc1cccnc1C(F)(F)F)CC2. The number of nitrogens with zero attached hydrogens (tertiary/aromatic N) is 5. The van der Waals surface area contributed by atoms with E-state index in [-0.39, 0.29) is 10.3 Å². The lowest BCUT2D eigenvalue weighted by Crippen LogP contribution is -2.47. The summed E-state index contributed by atoms with van der Waals surface area (Å²) in [6, 6.07) is 3.19. The minimum atomic E-state index is -4.52. The minimum absolute atomic E-state index is 0.0155. The van der Waals surface area contributed by atoms with Gasteiger partial charge in [0.05, 0.1) is 18.4 Å². The van der Waals surface area contributed by atoms with Crippen molar-refractivity contribution < 1.29 is 13.2 Å². The highest BCUT2D eigenvalue weighted by Crippen LogP contribution is 2.46. The molecule has 1 spiro atoms. The average Bonchev–Trinajstić information content (AvgIpc) is 3.31. The third kappa shape index (κ3) is 3.80. The normalized spacial score (nSPS) is 22.6. The maximum atomic E-state index is 13.3. The van der Waals surface area contributed by atoms with Crippen molar-refractivity contribution in [3.05, 3.63) is 41.6 Å². The number of alkyl halides is 3. The summed E-state index contributed by atoms with van der Waals surface area (Å²) >= 11 is 0.939. The first-order valence-corrected chi connectivity index (χ1v) is 11.3. The van der Waals surface area contributed by atoms with Crippen LogP contribution in [0.4, 0.5) is 19.0 Å². The van der Waals surface area contributed by atoms with Gasteiger partial charge in [0, 0.05) is 30.2 Å². The van der Waals surface area contributed by atoms with Gasteiger partial charge in [-0.2, -0.15) is 13.2 Å². The molecule has 10 heteroatoms. The molecule has 0 radical (unpaired) electrons.